The molecule has 0 unspecified atom stereocenters. The minimum absolute atomic E-state index is 0.0134. The first-order chi connectivity index (χ1) is 7.19. The normalized spacial score (nSPS) is 11.2. The van der Waals surface area contributed by atoms with Crippen LogP contribution in [-0.2, 0) is 4.74 Å². The summed E-state index contributed by atoms with van der Waals surface area (Å²) in [6.45, 7) is 1.87. The van der Waals surface area contributed by atoms with Gasteiger partial charge in [-0.25, -0.2) is 4.99 Å². The van der Waals surface area contributed by atoms with Gasteiger partial charge in [0.05, 0.1) is 12.0 Å². The van der Waals surface area contributed by atoms with Gasteiger partial charge in [0.15, 0.2) is 5.90 Å². The number of nitro benzene ring substituents is 1. The Bertz CT molecular complexity index is 382. The number of methoxy groups -OCH3 is 1. The summed E-state index contributed by atoms with van der Waals surface area (Å²) in [6, 6.07) is 6.32. The lowest BCUT2D eigenvalue weighted by Crippen LogP contribution is -1.98. The molecule has 0 aliphatic carbocycles. The Morgan fingerprint density at radius 2 is 2.20 bits per heavy atom. The zero-order valence-electron chi connectivity index (χ0n) is 8.64. The highest BCUT2D eigenvalue weighted by atomic mass is 16.6. The van der Waals surface area contributed by atoms with E-state index < -0.39 is 4.92 Å². The van der Waals surface area contributed by atoms with E-state index in [-0.39, 0.29) is 5.69 Å². The van der Waals surface area contributed by atoms with Crippen molar-refractivity contribution in [1.82, 2.24) is 0 Å². The molecule has 0 N–H and O–H groups in total. The van der Waals surface area contributed by atoms with E-state index in [1.165, 1.54) is 13.2 Å². The molecule has 1 aromatic rings. The summed E-state index contributed by atoms with van der Waals surface area (Å²) in [7, 11) is 1.50. The topological polar surface area (TPSA) is 64.7 Å². The Hall–Kier alpha value is -1.91. The Morgan fingerprint density at radius 1 is 1.53 bits per heavy atom. The molecule has 0 aromatic heterocycles. The van der Waals surface area contributed by atoms with E-state index in [1.54, 1.807) is 18.2 Å². The number of para-hydroxylation sites is 2. The van der Waals surface area contributed by atoms with Crippen LogP contribution in [0.3, 0.4) is 0 Å². The first-order valence-corrected chi connectivity index (χ1v) is 4.54. The fourth-order valence-electron chi connectivity index (χ4n) is 1.12. The van der Waals surface area contributed by atoms with Crippen LogP contribution >= 0.6 is 0 Å². The van der Waals surface area contributed by atoms with Crippen LogP contribution in [0.5, 0.6) is 0 Å². The van der Waals surface area contributed by atoms with Gasteiger partial charge in [0, 0.05) is 12.5 Å². The highest BCUT2D eigenvalue weighted by Gasteiger charge is 2.11. The van der Waals surface area contributed by atoms with E-state index in [9.17, 15) is 10.1 Å². The molecule has 0 spiro atoms. The van der Waals surface area contributed by atoms with E-state index in [0.717, 1.165) is 0 Å². The molecule has 1 aromatic carbocycles. The van der Waals surface area contributed by atoms with Gasteiger partial charge in [-0.2, -0.15) is 0 Å². The third kappa shape index (κ3) is 2.77. The minimum atomic E-state index is -0.457. The molecule has 0 fully saturated rings. The third-order valence-corrected chi connectivity index (χ3v) is 1.86. The average Bonchev–Trinajstić information content (AvgIpc) is 2.26. The molecule has 0 amide bonds. The SMILES string of the molecule is CCC(=Nc1ccccc1[N+](=O)[O-])OC. The monoisotopic (exact) mass is 208 g/mol. The van der Waals surface area contributed by atoms with Crippen molar-refractivity contribution in [3.8, 4) is 0 Å². The molecule has 0 saturated carbocycles. The van der Waals surface area contributed by atoms with Crippen LogP contribution in [0.4, 0.5) is 11.4 Å². The molecule has 0 atom stereocenters. The smallest absolute Gasteiger partial charge is 0.294 e. The number of benzene rings is 1. The van der Waals surface area contributed by atoms with E-state index in [0.29, 0.717) is 18.0 Å². The summed E-state index contributed by atoms with van der Waals surface area (Å²) in [5.74, 6) is 0.476. The Labute approximate surface area is 87.6 Å². The molecule has 0 bridgehead atoms. The van der Waals surface area contributed by atoms with Gasteiger partial charge >= 0.3 is 0 Å². The predicted octanol–water partition coefficient (Wildman–Crippen LogP) is 2.68. The standard InChI is InChI=1S/C10H12N2O3/c1-3-10(15-2)11-8-6-4-5-7-9(8)12(13)14/h4-7H,3H2,1-2H3. The maximum absolute atomic E-state index is 10.7. The first-order valence-electron chi connectivity index (χ1n) is 4.54. The van der Waals surface area contributed by atoms with Crippen molar-refractivity contribution < 1.29 is 9.66 Å². The van der Waals surface area contributed by atoms with Crippen LogP contribution in [0.2, 0.25) is 0 Å². The van der Waals surface area contributed by atoms with Gasteiger partial charge in [-0.05, 0) is 6.07 Å². The Balaban J connectivity index is 3.13. The van der Waals surface area contributed by atoms with Gasteiger partial charge in [0.2, 0.25) is 0 Å². The van der Waals surface area contributed by atoms with Crippen LogP contribution in [0.15, 0.2) is 29.3 Å². The number of rotatable bonds is 3. The maximum Gasteiger partial charge on any atom is 0.294 e. The summed E-state index contributed by atoms with van der Waals surface area (Å²) >= 11 is 0. The zero-order chi connectivity index (χ0) is 11.3. The summed E-state index contributed by atoms with van der Waals surface area (Å²) < 4.78 is 4.97. The second kappa shape index (κ2) is 5.09. The van der Waals surface area contributed by atoms with Crippen molar-refractivity contribution in [1.29, 1.82) is 0 Å². The zero-order valence-corrected chi connectivity index (χ0v) is 8.64. The molecular formula is C10H12N2O3. The van der Waals surface area contributed by atoms with E-state index in [4.69, 9.17) is 4.74 Å². The number of ether oxygens (including phenoxy) is 1. The average molecular weight is 208 g/mol. The number of nitrogens with zero attached hydrogens (tertiary/aromatic N) is 2. The second-order valence-electron chi connectivity index (χ2n) is 2.81. The van der Waals surface area contributed by atoms with Crippen molar-refractivity contribution in [2.75, 3.05) is 7.11 Å². The Morgan fingerprint density at radius 3 is 2.73 bits per heavy atom. The van der Waals surface area contributed by atoms with Gasteiger partial charge in [-0.1, -0.05) is 19.1 Å². The lowest BCUT2D eigenvalue weighted by atomic mass is 10.3. The first kappa shape index (κ1) is 11.2. The van der Waals surface area contributed by atoms with Crippen molar-refractivity contribution >= 4 is 17.3 Å². The van der Waals surface area contributed by atoms with Crippen molar-refractivity contribution in [2.24, 2.45) is 4.99 Å². The quantitative estimate of drug-likeness (QED) is 0.332. The van der Waals surface area contributed by atoms with Crippen molar-refractivity contribution in [2.45, 2.75) is 13.3 Å². The molecule has 0 aliphatic rings. The van der Waals surface area contributed by atoms with Crippen LogP contribution in [0, 0.1) is 10.1 Å². The summed E-state index contributed by atoms with van der Waals surface area (Å²) in [4.78, 5) is 14.3. The molecule has 0 aliphatic heterocycles. The highest BCUT2D eigenvalue weighted by molar-refractivity contribution is 5.80. The van der Waals surface area contributed by atoms with Crippen LogP contribution in [-0.4, -0.2) is 17.9 Å². The van der Waals surface area contributed by atoms with E-state index >= 15 is 0 Å². The Kier molecular flexibility index (Phi) is 3.79. The van der Waals surface area contributed by atoms with Crippen LogP contribution < -0.4 is 0 Å². The van der Waals surface area contributed by atoms with Crippen molar-refractivity contribution in [3.63, 3.8) is 0 Å². The highest BCUT2D eigenvalue weighted by Crippen LogP contribution is 2.26. The fraction of sp³-hybridized carbons (Fsp3) is 0.300. The van der Waals surface area contributed by atoms with Gasteiger partial charge in [0.25, 0.3) is 5.69 Å². The lowest BCUT2D eigenvalue weighted by molar-refractivity contribution is -0.384. The predicted molar refractivity (Wildman–Crippen MR) is 57.5 cm³/mol. The van der Waals surface area contributed by atoms with Gasteiger partial charge in [-0.15, -0.1) is 0 Å². The number of aliphatic imine (C=N–C) groups is 1. The molecule has 0 heterocycles. The molecule has 15 heavy (non-hydrogen) atoms. The molecule has 1 rings (SSSR count). The van der Waals surface area contributed by atoms with E-state index in [2.05, 4.69) is 4.99 Å². The molecule has 5 heteroatoms. The molecular weight excluding hydrogens is 196 g/mol. The summed E-state index contributed by atoms with van der Waals surface area (Å²) in [6.07, 6.45) is 0.600. The molecule has 0 saturated heterocycles. The number of hydrogen-bond donors (Lipinski definition) is 0. The van der Waals surface area contributed by atoms with Crippen LogP contribution in [0.1, 0.15) is 13.3 Å². The lowest BCUT2D eigenvalue weighted by Gasteiger charge is -2.01. The maximum atomic E-state index is 10.7. The van der Waals surface area contributed by atoms with Gasteiger partial charge in [-0.3, -0.25) is 10.1 Å². The molecule has 5 nitrogen and oxygen atoms in total. The summed E-state index contributed by atoms with van der Waals surface area (Å²) in [5, 5.41) is 10.7. The van der Waals surface area contributed by atoms with Crippen molar-refractivity contribution in [3.05, 3.63) is 34.4 Å². The third-order valence-electron chi connectivity index (χ3n) is 1.86. The largest absolute Gasteiger partial charge is 0.484 e. The molecule has 0 radical (unpaired) electrons. The number of hydrogen-bond acceptors (Lipinski definition) is 4. The van der Waals surface area contributed by atoms with Gasteiger partial charge in [0.1, 0.15) is 5.69 Å². The van der Waals surface area contributed by atoms with Gasteiger partial charge < -0.3 is 4.74 Å². The number of nitro groups is 1. The van der Waals surface area contributed by atoms with Crippen LogP contribution in [0.25, 0.3) is 0 Å². The fourth-order valence-corrected chi connectivity index (χ4v) is 1.12. The summed E-state index contributed by atoms with van der Waals surface area (Å²) in [5.41, 5.74) is 0.307. The van der Waals surface area contributed by atoms with E-state index in [1.807, 2.05) is 6.92 Å². The second-order valence-corrected chi connectivity index (χ2v) is 2.81. The minimum Gasteiger partial charge on any atom is -0.484 e. The molecule has 80 valence electrons.